The molecule has 2 aliphatic heterocycles. The molecule has 1 aromatic carbocycles. The number of fused-ring (bicyclic) bond motifs is 3. The van der Waals surface area contributed by atoms with Crippen LogP contribution in [-0.4, -0.2) is 46.0 Å². The summed E-state index contributed by atoms with van der Waals surface area (Å²) in [6.07, 6.45) is 5.07. The highest BCUT2D eigenvalue weighted by molar-refractivity contribution is 5.84. The maximum Gasteiger partial charge on any atom is 0.240 e. The van der Waals surface area contributed by atoms with Gasteiger partial charge in [0, 0.05) is 24.3 Å². The Labute approximate surface area is 144 Å². The van der Waals surface area contributed by atoms with Crippen LogP contribution in [0.25, 0.3) is 10.9 Å². The van der Waals surface area contributed by atoms with Gasteiger partial charge in [0.15, 0.2) is 0 Å². The third kappa shape index (κ3) is 2.84. The standard InChI is InChI=1S/C20H27N3O/c1-16(21-10-6-2-3-7-11-21)20(24)22-12-13-23-18(15-22)14-17-8-4-5-9-19(17)23/h4-5,8-9,14,16H,2-3,6-7,10-13,15H2,1H3. The molecule has 1 amide bonds. The molecule has 2 aliphatic rings. The van der Waals surface area contributed by atoms with Gasteiger partial charge in [-0.1, -0.05) is 31.0 Å². The molecule has 4 nitrogen and oxygen atoms in total. The lowest BCUT2D eigenvalue weighted by Gasteiger charge is -2.34. The van der Waals surface area contributed by atoms with Crippen molar-refractivity contribution in [2.75, 3.05) is 19.6 Å². The number of hydrogen-bond acceptors (Lipinski definition) is 2. The number of benzene rings is 1. The summed E-state index contributed by atoms with van der Waals surface area (Å²) in [5.74, 6) is 0.299. The van der Waals surface area contributed by atoms with Crippen LogP contribution in [0.15, 0.2) is 30.3 Å². The zero-order valence-corrected chi connectivity index (χ0v) is 14.6. The largest absolute Gasteiger partial charge is 0.341 e. The number of rotatable bonds is 2. The van der Waals surface area contributed by atoms with Crippen molar-refractivity contribution in [3.8, 4) is 0 Å². The van der Waals surface area contributed by atoms with Crippen LogP contribution in [0, 0.1) is 0 Å². The molecule has 0 spiro atoms. The lowest BCUT2D eigenvalue weighted by atomic mass is 10.2. The molecule has 0 aliphatic carbocycles. The van der Waals surface area contributed by atoms with Crippen LogP contribution in [0.5, 0.6) is 0 Å². The van der Waals surface area contributed by atoms with E-state index in [9.17, 15) is 4.79 Å². The van der Waals surface area contributed by atoms with Gasteiger partial charge in [-0.25, -0.2) is 0 Å². The number of carbonyl (C=O) groups excluding carboxylic acids is 1. The molecule has 0 bridgehead atoms. The van der Waals surface area contributed by atoms with Gasteiger partial charge in [-0.3, -0.25) is 9.69 Å². The molecule has 1 aromatic heterocycles. The second-order valence-corrected chi connectivity index (χ2v) is 7.23. The summed E-state index contributed by atoms with van der Waals surface area (Å²) in [4.78, 5) is 17.5. The fourth-order valence-corrected chi connectivity index (χ4v) is 4.25. The SMILES string of the molecule is CC(C(=O)N1CCn2c(cc3ccccc32)C1)N1CCCCCC1. The first-order chi connectivity index (χ1) is 11.7. The number of aromatic nitrogens is 1. The Morgan fingerprint density at radius 2 is 1.75 bits per heavy atom. The van der Waals surface area contributed by atoms with Crippen molar-refractivity contribution in [3.05, 3.63) is 36.0 Å². The van der Waals surface area contributed by atoms with Gasteiger partial charge in [0.05, 0.1) is 12.6 Å². The van der Waals surface area contributed by atoms with Gasteiger partial charge in [0.1, 0.15) is 0 Å². The molecular formula is C20H27N3O. The zero-order chi connectivity index (χ0) is 16.5. The minimum Gasteiger partial charge on any atom is -0.341 e. The van der Waals surface area contributed by atoms with E-state index in [2.05, 4.69) is 51.6 Å². The summed E-state index contributed by atoms with van der Waals surface area (Å²) in [6.45, 7) is 6.70. The highest BCUT2D eigenvalue weighted by Crippen LogP contribution is 2.25. The molecule has 3 heterocycles. The van der Waals surface area contributed by atoms with E-state index in [0.29, 0.717) is 5.91 Å². The van der Waals surface area contributed by atoms with Crippen LogP contribution >= 0.6 is 0 Å². The molecule has 24 heavy (non-hydrogen) atoms. The van der Waals surface area contributed by atoms with E-state index in [1.54, 1.807) is 0 Å². The average molecular weight is 325 g/mol. The third-order valence-corrected chi connectivity index (χ3v) is 5.70. The molecule has 128 valence electrons. The summed E-state index contributed by atoms with van der Waals surface area (Å²) < 4.78 is 2.37. The average Bonchev–Trinajstić information content (AvgIpc) is 2.79. The first kappa shape index (κ1) is 15.7. The molecule has 1 atom stereocenters. The van der Waals surface area contributed by atoms with Gasteiger partial charge >= 0.3 is 0 Å². The fraction of sp³-hybridized carbons (Fsp3) is 0.550. The molecule has 0 saturated carbocycles. The van der Waals surface area contributed by atoms with E-state index in [1.807, 2.05) is 0 Å². The van der Waals surface area contributed by atoms with Crippen LogP contribution in [0.2, 0.25) is 0 Å². The van der Waals surface area contributed by atoms with Crippen LogP contribution in [-0.2, 0) is 17.9 Å². The predicted octanol–water partition coefficient (Wildman–Crippen LogP) is 3.25. The lowest BCUT2D eigenvalue weighted by Crippen LogP contribution is -2.49. The van der Waals surface area contributed by atoms with E-state index in [-0.39, 0.29) is 6.04 Å². The number of nitrogens with zero attached hydrogens (tertiary/aromatic N) is 3. The van der Waals surface area contributed by atoms with E-state index in [4.69, 9.17) is 0 Å². The van der Waals surface area contributed by atoms with Gasteiger partial charge in [0.2, 0.25) is 5.91 Å². The van der Waals surface area contributed by atoms with Gasteiger partial charge in [0.25, 0.3) is 0 Å². The molecular weight excluding hydrogens is 298 g/mol. The van der Waals surface area contributed by atoms with Gasteiger partial charge in [-0.05, 0) is 50.4 Å². The molecule has 0 N–H and O–H groups in total. The van der Waals surface area contributed by atoms with Crippen molar-refractivity contribution in [2.24, 2.45) is 0 Å². The molecule has 2 aromatic rings. The first-order valence-corrected chi connectivity index (χ1v) is 9.34. The van der Waals surface area contributed by atoms with Crippen molar-refractivity contribution in [1.82, 2.24) is 14.4 Å². The summed E-state index contributed by atoms with van der Waals surface area (Å²) in [5.41, 5.74) is 2.55. The topological polar surface area (TPSA) is 28.5 Å². The number of amides is 1. The smallest absolute Gasteiger partial charge is 0.240 e. The predicted molar refractivity (Wildman–Crippen MR) is 96.9 cm³/mol. The van der Waals surface area contributed by atoms with Crippen molar-refractivity contribution in [2.45, 2.75) is 51.7 Å². The normalized spacial score (nSPS) is 20.6. The van der Waals surface area contributed by atoms with Crippen molar-refractivity contribution >= 4 is 16.8 Å². The van der Waals surface area contributed by atoms with E-state index < -0.39 is 0 Å². The highest BCUT2D eigenvalue weighted by atomic mass is 16.2. The van der Waals surface area contributed by atoms with Crippen molar-refractivity contribution < 1.29 is 4.79 Å². The second kappa shape index (κ2) is 6.60. The summed E-state index contributed by atoms with van der Waals surface area (Å²) in [5, 5.41) is 1.28. The molecule has 1 unspecified atom stereocenters. The number of likely N-dealkylation sites (tertiary alicyclic amines) is 1. The molecule has 0 radical (unpaired) electrons. The monoisotopic (exact) mass is 325 g/mol. The highest BCUT2D eigenvalue weighted by Gasteiger charge is 2.29. The van der Waals surface area contributed by atoms with Gasteiger partial charge in [-0.2, -0.15) is 0 Å². The van der Waals surface area contributed by atoms with E-state index in [1.165, 1.54) is 42.3 Å². The Balaban J connectivity index is 1.50. The summed E-state index contributed by atoms with van der Waals surface area (Å²) in [6, 6.07) is 10.8. The maximum atomic E-state index is 13.0. The van der Waals surface area contributed by atoms with Crippen LogP contribution in [0.3, 0.4) is 0 Å². The van der Waals surface area contributed by atoms with E-state index in [0.717, 1.165) is 32.7 Å². The Kier molecular flexibility index (Phi) is 4.31. The Bertz CT molecular complexity index is 728. The Morgan fingerprint density at radius 1 is 1.00 bits per heavy atom. The number of hydrogen-bond donors (Lipinski definition) is 0. The second-order valence-electron chi connectivity index (χ2n) is 7.23. The number of carbonyl (C=O) groups is 1. The molecule has 4 heteroatoms. The fourth-order valence-electron chi connectivity index (χ4n) is 4.25. The molecule has 4 rings (SSSR count). The van der Waals surface area contributed by atoms with Gasteiger partial charge < -0.3 is 9.47 Å². The molecule has 1 fully saturated rings. The minimum absolute atomic E-state index is 0.0130. The van der Waals surface area contributed by atoms with Crippen molar-refractivity contribution in [3.63, 3.8) is 0 Å². The third-order valence-electron chi connectivity index (χ3n) is 5.70. The summed E-state index contributed by atoms with van der Waals surface area (Å²) in [7, 11) is 0. The maximum absolute atomic E-state index is 13.0. The van der Waals surface area contributed by atoms with Gasteiger partial charge in [-0.15, -0.1) is 0 Å². The Hall–Kier alpha value is -1.81. The minimum atomic E-state index is 0.0130. The lowest BCUT2D eigenvalue weighted by molar-refractivity contribution is -0.137. The Morgan fingerprint density at radius 3 is 2.54 bits per heavy atom. The van der Waals surface area contributed by atoms with E-state index >= 15 is 0 Å². The summed E-state index contributed by atoms with van der Waals surface area (Å²) >= 11 is 0. The van der Waals surface area contributed by atoms with Crippen LogP contribution in [0.4, 0.5) is 0 Å². The zero-order valence-electron chi connectivity index (χ0n) is 14.6. The van der Waals surface area contributed by atoms with Crippen molar-refractivity contribution in [1.29, 1.82) is 0 Å². The number of para-hydroxylation sites is 1. The quantitative estimate of drug-likeness (QED) is 0.848. The first-order valence-electron chi connectivity index (χ1n) is 9.34. The molecule has 1 saturated heterocycles. The van der Waals surface area contributed by atoms with Crippen LogP contribution in [0.1, 0.15) is 38.3 Å². The van der Waals surface area contributed by atoms with Crippen LogP contribution < -0.4 is 0 Å².